The number of carbonyl (C=O) groups excluding carboxylic acids is 2. The van der Waals surface area contributed by atoms with Crippen LogP contribution in [0.4, 0.5) is 0 Å². The lowest BCUT2D eigenvalue weighted by molar-refractivity contribution is -0.121. The Morgan fingerprint density at radius 2 is 1.62 bits per heavy atom. The van der Waals surface area contributed by atoms with Crippen LogP contribution in [0.25, 0.3) is 33.1 Å². The van der Waals surface area contributed by atoms with Gasteiger partial charge < -0.3 is 21.4 Å². The molecular weight excluding hydrogens is 530 g/mol. The van der Waals surface area contributed by atoms with Gasteiger partial charge in [0.1, 0.15) is 0 Å². The number of H-pyrrole nitrogens is 1. The standard InChI is InChI=1S/C29H26BrN5O2/c30-20-9-10-25-22(13-20)24(17-32-25)27-14-23(21-3-1-2-4-26(21)35-27)29(37)34-16-19-7-5-18(6-8-19)15-33-28(36)11-12-31/h1-10,13-14,17,32H,11-12,15-16,31H2,(H,33,36)(H,34,37). The fraction of sp³-hybridized carbons (Fsp3) is 0.138. The highest BCUT2D eigenvalue weighted by atomic mass is 79.9. The number of para-hydroxylation sites is 1. The SMILES string of the molecule is NCCC(=O)NCc1ccc(CNC(=O)c2cc(-c3c[nH]c4ccc(Br)cc34)nc3ccccc23)cc1. The number of hydrogen-bond acceptors (Lipinski definition) is 4. The third-order valence-corrected chi connectivity index (χ3v) is 6.71. The molecule has 0 saturated carbocycles. The molecule has 7 nitrogen and oxygen atoms in total. The number of hydrogen-bond donors (Lipinski definition) is 4. The van der Waals surface area contributed by atoms with Crippen molar-refractivity contribution in [2.75, 3.05) is 6.54 Å². The predicted molar refractivity (Wildman–Crippen MR) is 150 cm³/mol. The Hall–Kier alpha value is -4.01. The van der Waals surface area contributed by atoms with E-state index in [4.69, 9.17) is 10.7 Å². The molecule has 0 aliphatic heterocycles. The molecule has 0 bridgehead atoms. The van der Waals surface area contributed by atoms with Crippen molar-refractivity contribution in [2.24, 2.45) is 5.73 Å². The minimum Gasteiger partial charge on any atom is -0.360 e. The van der Waals surface area contributed by atoms with Crippen molar-refractivity contribution in [2.45, 2.75) is 19.5 Å². The molecule has 5 N–H and O–H groups in total. The van der Waals surface area contributed by atoms with Crippen LogP contribution in [0.2, 0.25) is 0 Å². The maximum absolute atomic E-state index is 13.4. The molecular formula is C29H26BrN5O2. The number of pyridine rings is 1. The van der Waals surface area contributed by atoms with E-state index in [1.54, 1.807) is 0 Å². The normalized spacial score (nSPS) is 11.1. The summed E-state index contributed by atoms with van der Waals surface area (Å²) in [6, 6.07) is 23.4. The summed E-state index contributed by atoms with van der Waals surface area (Å²) in [5, 5.41) is 7.72. The lowest BCUT2D eigenvalue weighted by Crippen LogP contribution is -2.25. The van der Waals surface area contributed by atoms with Crippen molar-refractivity contribution >= 4 is 49.6 Å². The maximum atomic E-state index is 13.4. The minimum absolute atomic E-state index is 0.0666. The zero-order chi connectivity index (χ0) is 25.8. The molecule has 0 unspecified atom stereocenters. The molecule has 0 fully saturated rings. The first kappa shape index (κ1) is 24.7. The van der Waals surface area contributed by atoms with E-state index in [1.165, 1.54) is 0 Å². The summed E-state index contributed by atoms with van der Waals surface area (Å²) in [7, 11) is 0. The highest BCUT2D eigenvalue weighted by molar-refractivity contribution is 9.10. The first-order chi connectivity index (χ1) is 18.0. The molecule has 2 aromatic heterocycles. The van der Waals surface area contributed by atoms with Crippen LogP contribution in [0.3, 0.4) is 0 Å². The van der Waals surface area contributed by atoms with Gasteiger partial charge in [-0.3, -0.25) is 9.59 Å². The van der Waals surface area contributed by atoms with Crippen LogP contribution in [0.5, 0.6) is 0 Å². The third-order valence-electron chi connectivity index (χ3n) is 6.22. The molecule has 5 rings (SSSR count). The van der Waals surface area contributed by atoms with Gasteiger partial charge in [0.2, 0.25) is 5.91 Å². The van der Waals surface area contributed by atoms with Gasteiger partial charge in [-0.2, -0.15) is 0 Å². The Bertz CT molecular complexity index is 1590. The van der Waals surface area contributed by atoms with E-state index < -0.39 is 0 Å². The molecule has 0 atom stereocenters. The van der Waals surface area contributed by atoms with Crippen LogP contribution in [0.1, 0.15) is 27.9 Å². The lowest BCUT2D eigenvalue weighted by Gasteiger charge is -2.11. The number of nitrogens with one attached hydrogen (secondary N) is 3. The second kappa shape index (κ2) is 10.9. The van der Waals surface area contributed by atoms with E-state index in [2.05, 4.69) is 31.5 Å². The molecule has 0 aliphatic rings. The Morgan fingerprint density at radius 3 is 2.38 bits per heavy atom. The fourth-order valence-corrected chi connectivity index (χ4v) is 4.64. The molecule has 3 aromatic carbocycles. The van der Waals surface area contributed by atoms with Gasteiger partial charge in [0, 0.05) is 58.6 Å². The van der Waals surface area contributed by atoms with E-state index in [0.29, 0.717) is 31.6 Å². The smallest absolute Gasteiger partial charge is 0.252 e. The van der Waals surface area contributed by atoms with Gasteiger partial charge >= 0.3 is 0 Å². The molecule has 0 spiro atoms. The predicted octanol–water partition coefficient (Wildman–Crippen LogP) is 5.04. The van der Waals surface area contributed by atoms with Crippen LogP contribution >= 0.6 is 15.9 Å². The van der Waals surface area contributed by atoms with Crippen molar-refractivity contribution < 1.29 is 9.59 Å². The Morgan fingerprint density at radius 1 is 0.892 bits per heavy atom. The summed E-state index contributed by atoms with van der Waals surface area (Å²) in [5.74, 6) is -0.234. The van der Waals surface area contributed by atoms with Crippen LogP contribution in [-0.4, -0.2) is 28.3 Å². The molecule has 0 radical (unpaired) electrons. The maximum Gasteiger partial charge on any atom is 0.252 e. The van der Waals surface area contributed by atoms with Crippen LogP contribution in [0, 0.1) is 0 Å². The topological polar surface area (TPSA) is 113 Å². The molecule has 0 saturated heterocycles. The first-order valence-corrected chi connectivity index (χ1v) is 12.8. The van der Waals surface area contributed by atoms with Crippen molar-refractivity contribution in [3.05, 3.63) is 100 Å². The zero-order valence-electron chi connectivity index (χ0n) is 20.1. The summed E-state index contributed by atoms with van der Waals surface area (Å²) in [5.41, 5.74) is 11.4. The Kier molecular flexibility index (Phi) is 7.30. The van der Waals surface area contributed by atoms with Gasteiger partial charge in [-0.25, -0.2) is 4.98 Å². The number of nitrogens with two attached hydrogens (primary N) is 1. The van der Waals surface area contributed by atoms with Gasteiger partial charge in [0.15, 0.2) is 0 Å². The van der Waals surface area contributed by atoms with Gasteiger partial charge in [-0.15, -0.1) is 0 Å². The van der Waals surface area contributed by atoms with Gasteiger partial charge in [0.25, 0.3) is 5.91 Å². The summed E-state index contributed by atoms with van der Waals surface area (Å²) >= 11 is 3.55. The number of nitrogens with zero attached hydrogens (tertiary/aromatic N) is 1. The van der Waals surface area contributed by atoms with Gasteiger partial charge in [-0.05, 0) is 41.5 Å². The summed E-state index contributed by atoms with van der Waals surface area (Å²) < 4.78 is 0.976. The van der Waals surface area contributed by atoms with Crippen LogP contribution in [-0.2, 0) is 17.9 Å². The Balaban J connectivity index is 1.36. The van der Waals surface area contributed by atoms with Crippen molar-refractivity contribution in [3.8, 4) is 11.3 Å². The summed E-state index contributed by atoms with van der Waals surface area (Å²) in [6.07, 6.45) is 2.24. The van der Waals surface area contributed by atoms with Gasteiger partial charge in [-0.1, -0.05) is 58.4 Å². The number of benzene rings is 3. The monoisotopic (exact) mass is 555 g/mol. The van der Waals surface area contributed by atoms with E-state index in [-0.39, 0.29) is 11.8 Å². The zero-order valence-corrected chi connectivity index (χ0v) is 21.6. The third kappa shape index (κ3) is 5.55. The van der Waals surface area contributed by atoms with E-state index >= 15 is 0 Å². The first-order valence-electron chi connectivity index (χ1n) is 12.0. The van der Waals surface area contributed by atoms with E-state index in [0.717, 1.165) is 48.7 Å². The van der Waals surface area contributed by atoms with Gasteiger partial charge in [0.05, 0.1) is 16.8 Å². The molecule has 186 valence electrons. The average molecular weight is 556 g/mol. The molecule has 2 heterocycles. The summed E-state index contributed by atoms with van der Waals surface area (Å²) in [6.45, 7) is 1.16. The number of amides is 2. The largest absolute Gasteiger partial charge is 0.360 e. The van der Waals surface area contributed by atoms with E-state index in [1.807, 2.05) is 79.0 Å². The highest BCUT2D eigenvalue weighted by Crippen LogP contribution is 2.32. The number of rotatable bonds is 8. The number of halogens is 1. The molecule has 8 heteroatoms. The number of carbonyl (C=O) groups is 2. The molecule has 0 aliphatic carbocycles. The average Bonchev–Trinajstić information content (AvgIpc) is 3.33. The molecule has 2 amide bonds. The fourth-order valence-electron chi connectivity index (χ4n) is 4.28. The number of aromatic nitrogens is 2. The quantitative estimate of drug-likeness (QED) is 0.215. The number of aromatic amines is 1. The Labute approximate surface area is 222 Å². The van der Waals surface area contributed by atoms with Crippen molar-refractivity contribution in [1.82, 2.24) is 20.6 Å². The second-order valence-corrected chi connectivity index (χ2v) is 9.69. The molecule has 5 aromatic rings. The van der Waals surface area contributed by atoms with E-state index in [9.17, 15) is 9.59 Å². The summed E-state index contributed by atoms with van der Waals surface area (Å²) in [4.78, 5) is 33.1. The van der Waals surface area contributed by atoms with Crippen molar-refractivity contribution in [1.29, 1.82) is 0 Å². The molecule has 37 heavy (non-hydrogen) atoms. The van der Waals surface area contributed by atoms with Crippen LogP contribution < -0.4 is 16.4 Å². The highest BCUT2D eigenvalue weighted by Gasteiger charge is 2.16. The minimum atomic E-state index is -0.168. The van der Waals surface area contributed by atoms with Crippen LogP contribution in [0.15, 0.2) is 83.5 Å². The second-order valence-electron chi connectivity index (χ2n) is 8.78. The number of fused-ring (bicyclic) bond motifs is 2. The lowest BCUT2D eigenvalue weighted by atomic mass is 10.0. The van der Waals surface area contributed by atoms with Crippen molar-refractivity contribution in [3.63, 3.8) is 0 Å².